The minimum atomic E-state index is -3.22. The highest BCUT2D eigenvalue weighted by atomic mass is 32.7. The molecule has 5 nitrogen and oxygen atoms in total. The molecular weight excluding hydrogens is 362 g/mol. The van der Waals surface area contributed by atoms with Gasteiger partial charge in [-0.1, -0.05) is 18.1 Å². The molecule has 0 N–H and O–H groups in total. The lowest BCUT2D eigenvalue weighted by Crippen LogP contribution is -2.15. The zero-order valence-corrected chi connectivity index (χ0v) is 18.2. The number of hydrogen-bond donors (Lipinski definition) is 0. The Morgan fingerprint density at radius 1 is 0.773 bits per heavy atom. The number of rotatable bonds is 8. The third kappa shape index (κ3) is 19.1. The Morgan fingerprint density at radius 3 is 1.18 bits per heavy atom. The van der Waals surface area contributed by atoms with Crippen LogP contribution in [0.25, 0.3) is 0 Å². The monoisotopic (exact) mass is 392 g/mol. The minimum absolute atomic E-state index is 0.0945. The van der Waals surface area contributed by atoms with Crippen LogP contribution >= 0.6 is 13.3 Å². The lowest BCUT2D eigenvalue weighted by molar-refractivity contribution is -0.212. The minimum Gasteiger partial charge on any atom is -0.780 e. The zero-order valence-electron chi connectivity index (χ0n) is 14.8. The van der Waals surface area contributed by atoms with E-state index < -0.39 is 13.3 Å². The number of hydrogen-bond acceptors (Lipinski definition) is 7. The van der Waals surface area contributed by atoms with Crippen LogP contribution in [-0.4, -0.2) is 30.7 Å². The van der Waals surface area contributed by atoms with Crippen LogP contribution < -0.4 is 4.89 Å². The summed E-state index contributed by atoms with van der Waals surface area (Å²) in [5.74, 6) is 0. The molecule has 0 fully saturated rings. The van der Waals surface area contributed by atoms with Gasteiger partial charge in [-0.2, -0.15) is 0 Å². The molecule has 22 heavy (non-hydrogen) atoms. The van der Waals surface area contributed by atoms with Gasteiger partial charge in [0, 0.05) is 0 Å². The lowest BCUT2D eigenvalue weighted by Gasteiger charge is -2.34. The van der Waals surface area contributed by atoms with Gasteiger partial charge < -0.3 is 35.2 Å². The average Bonchev–Trinajstić information content (AvgIpc) is 2.06. The smallest absolute Gasteiger partial charge is 0.116 e. The van der Waals surface area contributed by atoms with Crippen molar-refractivity contribution in [2.45, 2.75) is 79.8 Å². The maximum absolute atomic E-state index is 11.2. The highest BCUT2D eigenvalue weighted by Crippen LogP contribution is 2.47. The highest BCUT2D eigenvalue weighted by Gasteiger charge is 2.08. The molecule has 0 saturated heterocycles. The first-order chi connectivity index (χ1) is 9.67. The van der Waals surface area contributed by atoms with Gasteiger partial charge in [-0.25, -0.2) is 0 Å². The van der Waals surface area contributed by atoms with Crippen molar-refractivity contribution in [2.24, 2.45) is 0 Å². The van der Waals surface area contributed by atoms with Crippen LogP contribution in [0.3, 0.4) is 0 Å². The SMILES string of the molecule is C=P([S-])(OC(C)C)OC(C)C.CC(C)OP([O-])(=S)OC(C)C. The molecule has 0 aromatic rings. The molecule has 0 bridgehead atoms. The second kappa shape index (κ2) is 11.6. The Morgan fingerprint density at radius 2 is 1.00 bits per heavy atom. The van der Waals surface area contributed by atoms with Gasteiger partial charge in [-0.05, 0) is 61.9 Å². The van der Waals surface area contributed by atoms with Crippen LogP contribution in [0.4, 0.5) is 0 Å². The van der Waals surface area contributed by atoms with Crippen molar-refractivity contribution in [3.8, 4) is 0 Å². The normalized spacial score (nSPS) is 13.0. The lowest BCUT2D eigenvalue weighted by atomic mass is 10.5. The molecule has 0 unspecified atom stereocenters. The van der Waals surface area contributed by atoms with E-state index in [1.54, 1.807) is 27.7 Å². The van der Waals surface area contributed by atoms with Gasteiger partial charge in [0.2, 0.25) is 0 Å². The second-order valence-corrected chi connectivity index (χ2v) is 11.6. The van der Waals surface area contributed by atoms with Gasteiger partial charge in [0.05, 0.1) is 24.4 Å². The van der Waals surface area contributed by atoms with Gasteiger partial charge in [0.1, 0.15) is 6.72 Å². The van der Waals surface area contributed by atoms with Crippen molar-refractivity contribution >= 4 is 43.6 Å². The van der Waals surface area contributed by atoms with E-state index in [0.29, 0.717) is 0 Å². The van der Waals surface area contributed by atoms with Crippen LogP contribution in [0.15, 0.2) is 0 Å². The Bertz CT molecular complexity index is 323. The molecule has 0 rings (SSSR count). The third-order valence-electron chi connectivity index (χ3n) is 1.42. The zero-order chi connectivity index (χ0) is 18.1. The Balaban J connectivity index is 0. The summed E-state index contributed by atoms with van der Waals surface area (Å²) >= 11 is 9.66. The summed E-state index contributed by atoms with van der Waals surface area (Å²) < 4.78 is 20.5. The quantitative estimate of drug-likeness (QED) is 0.457. The molecule has 0 spiro atoms. The largest absolute Gasteiger partial charge is 0.780 e. The van der Waals surface area contributed by atoms with Crippen LogP contribution in [0.1, 0.15) is 55.4 Å². The van der Waals surface area contributed by atoms with Gasteiger partial charge in [0.25, 0.3) is 0 Å². The van der Waals surface area contributed by atoms with Gasteiger partial charge >= 0.3 is 0 Å². The van der Waals surface area contributed by atoms with E-state index in [1.807, 2.05) is 27.7 Å². The van der Waals surface area contributed by atoms with E-state index in [0.717, 1.165) is 0 Å². The summed E-state index contributed by atoms with van der Waals surface area (Å²) in [6.45, 7) is 9.33. The van der Waals surface area contributed by atoms with Gasteiger partial charge in [0.15, 0.2) is 0 Å². The molecule has 0 aliphatic heterocycles. The maximum atomic E-state index is 11.2. The van der Waals surface area contributed by atoms with Crippen molar-refractivity contribution in [1.82, 2.24) is 0 Å². The Hall–Kier alpha value is 1.10. The molecule has 0 radical (unpaired) electrons. The van der Waals surface area contributed by atoms with E-state index in [9.17, 15) is 4.89 Å². The molecule has 136 valence electrons. The van der Waals surface area contributed by atoms with Crippen molar-refractivity contribution in [3.63, 3.8) is 0 Å². The molecule has 0 aliphatic rings. The predicted molar refractivity (Wildman–Crippen MR) is 101 cm³/mol. The highest BCUT2D eigenvalue weighted by molar-refractivity contribution is 8.36. The standard InChI is InChI=1S/C7H16O2PS.C6H15O3PS/c1-6(2)8-10(5,11)9-7(3)4;1-5(2)8-10(7,11)9-6(3)4/h6-7H,5H2,1-4H3;5-6H,1-4H3,(H,7,11)/q-1;/p-1. The van der Waals surface area contributed by atoms with E-state index in [2.05, 4.69) is 18.1 Å². The molecule has 0 saturated carbocycles. The fourth-order valence-corrected chi connectivity index (χ4v) is 5.69. The van der Waals surface area contributed by atoms with Crippen molar-refractivity contribution in [2.75, 3.05) is 0 Å². The molecular formula is C13H30O5P2S2-2. The summed E-state index contributed by atoms with van der Waals surface area (Å²) in [6, 6.07) is 0. The fourth-order valence-electron chi connectivity index (χ4n) is 1.21. The molecule has 0 aliphatic carbocycles. The first kappa shape index (κ1) is 25.3. The average molecular weight is 392 g/mol. The van der Waals surface area contributed by atoms with E-state index >= 15 is 0 Å². The molecule has 0 amide bonds. The Labute approximate surface area is 146 Å². The van der Waals surface area contributed by atoms with E-state index in [-0.39, 0.29) is 24.4 Å². The van der Waals surface area contributed by atoms with E-state index in [4.69, 9.17) is 30.3 Å². The summed E-state index contributed by atoms with van der Waals surface area (Å²) in [5, 5.41) is 0. The van der Waals surface area contributed by atoms with Gasteiger partial charge in [-0.3, -0.25) is 0 Å². The molecule has 0 aromatic heterocycles. The maximum Gasteiger partial charge on any atom is 0.116 e. The summed E-state index contributed by atoms with van der Waals surface area (Å²) in [4.78, 5) is 11.2. The van der Waals surface area contributed by atoms with Crippen LogP contribution in [0.5, 0.6) is 0 Å². The summed E-state index contributed by atoms with van der Waals surface area (Å²) in [6.07, 6.45) is 3.61. The van der Waals surface area contributed by atoms with Crippen molar-refractivity contribution < 1.29 is 23.0 Å². The van der Waals surface area contributed by atoms with Crippen LogP contribution in [0.2, 0.25) is 0 Å². The fraction of sp³-hybridized carbons (Fsp3) is 0.923. The topological polar surface area (TPSA) is 60.0 Å². The molecule has 0 heterocycles. The van der Waals surface area contributed by atoms with Crippen LogP contribution in [-0.2, 0) is 42.2 Å². The predicted octanol–water partition coefficient (Wildman–Crippen LogP) is 4.00. The summed E-state index contributed by atoms with van der Waals surface area (Å²) in [7, 11) is 0. The van der Waals surface area contributed by atoms with Crippen LogP contribution in [0, 0.1) is 0 Å². The molecule has 0 atom stereocenters. The summed E-state index contributed by atoms with van der Waals surface area (Å²) in [5.41, 5.74) is 0. The van der Waals surface area contributed by atoms with Crippen molar-refractivity contribution in [3.05, 3.63) is 0 Å². The van der Waals surface area contributed by atoms with Crippen molar-refractivity contribution in [1.29, 1.82) is 0 Å². The third-order valence-corrected chi connectivity index (χ3v) is 5.30. The first-order valence-corrected chi connectivity index (χ1v) is 12.5. The van der Waals surface area contributed by atoms with E-state index in [1.165, 1.54) is 0 Å². The second-order valence-electron chi connectivity index (χ2n) is 5.67. The molecule has 9 heteroatoms. The first-order valence-electron chi connectivity index (χ1n) is 7.16. The van der Waals surface area contributed by atoms with Gasteiger partial charge in [-0.15, -0.1) is 0 Å². The Kier molecular flexibility index (Phi) is 13.4. The molecule has 0 aromatic carbocycles.